The molecular weight excluding hydrogens is 373 g/mol. The van der Waals surface area contributed by atoms with E-state index in [1.165, 1.54) is 12.1 Å². The fourth-order valence-electron chi connectivity index (χ4n) is 2.94. The van der Waals surface area contributed by atoms with Gasteiger partial charge < -0.3 is 4.74 Å². The minimum Gasteiger partial charge on any atom is -0.490 e. The number of rotatable bonds is 10. The summed E-state index contributed by atoms with van der Waals surface area (Å²) in [4.78, 5) is 0. The maximum Gasteiger partial charge on any atom is 0.201 e. The molecule has 0 heterocycles. The average Bonchev–Trinajstić information content (AvgIpc) is 2.66. The van der Waals surface area contributed by atoms with Crippen molar-refractivity contribution in [2.45, 2.75) is 58.8 Å². The molecule has 0 N–H and O–H groups in total. The Morgan fingerprint density at radius 1 is 0.778 bits per heavy atom. The zero-order valence-corrected chi connectivity index (χ0v) is 16.6. The monoisotopic (exact) mass is 398 g/mol. The lowest BCUT2D eigenvalue weighted by molar-refractivity contribution is 0.286. The SMILES string of the molecule is CCCCCOc1ccc(-c2ccc(CCCCC)c(F)c2Cl)c(F)c1F. The smallest absolute Gasteiger partial charge is 0.201 e. The molecule has 0 fully saturated rings. The van der Waals surface area contributed by atoms with Gasteiger partial charge in [0, 0.05) is 11.1 Å². The van der Waals surface area contributed by atoms with Crippen LogP contribution in [0.15, 0.2) is 24.3 Å². The number of unbranched alkanes of at least 4 members (excludes halogenated alkanes) is 4. The quantitative estimate of drug-likeness (QED) is 0.372. The predicted octanol–water partition coefficient (Wildman–Crippen LogP) is 7.73. The molecule has 0 saturated carbocycles. The number of aryl methyl sites for hydroxylation is 1. The first-order chi connectivity index (χ1) is 13.0. The van der Waals surface area contributed by atoms with Crippen molar-refractivity contribution in [3.8, 4) is 16.9 Å². The Hall–Kier alpha value is -1.68. The number of hydrogen-bond donors (Lipinski definition) is 0. The van der Waals surface area contributed by atoms with Gasteiger partial charge in [0.15, 0.2) is 11.6 Å². The molecule has 0 saturated heterocycles. The second-order valence-corrected chi connectivity index (χ2v) is 7.03. The molecule has 0 unspecified atom stereocenters. The van der Waals surface area contributed by atoms with Gasteiger partial charge in [0.25, 0.3) is 0 Å². The molecule has 0 aliphatic heterocycles. The van der Waals surface area contributed by atoms with Crippen LogP contribution < -0.4 is 4.74 Å². The third-order valence-electron chi connectivity index (χ3n) is 4.55. The summed E-state index contributed by atoms with van der Waals surface area (Å²) in [7, 11) is 0. The van der Waals surface area contributed by atoms with Crippen molar-refractivity contribution in [3.63, 3.8) is 0 Å². The van der Waals surface area contributed by atoms with Crippen LogP contribution in [-0.2, 0) is 6.42 Å². The van der Waals surface area contributed by atoms with Gasteiger partial charge >= 0.3 is 0 Å². The van der Waals surface area contributed by atoms with Crippen LogP contribution >= 0.6 is 11.6 Å². The van der Waals surface area contributed by atoms with E-state index < -0.39 is 17.5 Å². The Morgan fingerprint density at radius 2 is 1.44 bits per heavy atom. The van der Waals surface area contributed by atoms with Crippen LogP contribution in [0.5, 0.6) is 5.75 Å². The summed E-state index contributed by atoms with van der Waals surface area (Å²) in [5.41, 5.74) is 0.564. The van der Waals surface area contributed by atoms with E-state index in [-0.39, 0.29) is 21.9 Å². The normalized spacial score (nSPS) is 11.0. The minimum atomic E-state index is -1.08. The van der Waals surface area contributed by atoms with E-state index in [0.29, 0.717) is 18.6 Å². The van der Waals surface area contributed by atoms with Crippen LogP contribution in [0, 0.1) is 17.5 Å². The van der Waals surface area contributed by atoms with Gasteiger partial charge in [-0.05, 0) is 37.0 Å². The van der Waals surface area contributed by atoms with Gasteiger partial charge in [-0.1, -0.05) is 63.3 Å². The lowest BCUT2D eigenvalue weighted by Gasteiger charge is -2.13. The third-order valence-corrected chi connectivity index (χ3v) is 4.92. The Labute approximate surface area is 164 Å². The highest BCUT2D eigenvalue weighted by molar-refractivity contribution is 6.33. The molecule has 0 spiro atoms. The second kappa shape index (κ2) is 10.6. The number of hydrogen-bond acceptors (Lipinski definition) is 1. The van der Waals surface area contributed by atoms with E-state index in [4.69, 9.17) is 16.3 Å². The van der Waals surface area contributed by atoms with Crippen molar-refractivity contribution in [1.82, 2.24) is 0 Å². The van der Waals surface area contributed by atoms with Gasteiger partial charge in [0.05, 0.1) is 11.6 Å². The fourth-order valence-corrected chi connectivity index (χ4v) is 3.23. The molecule has 27 heavy (non-hydrogen) atoms. The standard InChI is InChI=1S/C22H26ClF3O/c1-3-5-7-9-15-10-11-16(19(23)20(15)24)17-12-13-18(22(26)21(17)25)27-14-8-6-4-2/h10-13H,3-9,14H2,1-2H3. The molecule has 2 aromatic rings. The molecule has 0 atom stereocenters. The predicted molar refractivity (Wildman–Crippen MR) is 105 cm³/mol. The Morgan fingerprint density at radius 3 is 2.15 bits per heavy atom. The summed E-state index contributed by atoms with van der Waals surface area (Å²) in [6.45, 7) is 4.44. The largest absolute Gasteiger partial charge is 0.490 e. The van der Waals surface area contributed by atoms with E-state index in [9.17, 15) is 13.2 Å². The summed E-state index contributed by atoms with van der Waals surface area (Å²) in [6, 6.07) is 5.89. The van der Waals surface area contributed by atoms with Gasteiger partial charge in [0.1, 0.15) is 5.82 Å². The van der Waals surface area contributed by atoms with Crippen molar-refractivity contribution in [2.24, 2.45) is 0 Å². The molecule has 0 aliphatic carbocycles. The fraction of sp³-hybridized carbons (Fsp3) is 0.455. The van der Waals surface area contributed by atoms with E-state index in [0.717, 1.165) is 38.5 Å². The summed E-state index contributed by atoms with van der Waals surface area (Å²) < 4.78 is 48.8. The van der Waals surface area contributed by atoms with Crippen molar-refractivity contribution in [3.05, 3.63) is 52.3 Å². The van der Waals surface area contributed by atoms with Gasteiger partial charge in [-0.2, -0.15) is 4.39 Å². The molecule has 2 rings (SSSR count). The van der Waals surface area contributed by atoms with Crippen LogP contribution in [-0.4, -0.2) is 6.61 Å². The zero-order valence-electron chi connectivity index (χ0n) is 15.9. The van der Waals surface area contributed by atoms with E-state index >= 15 is 0 Å². The summed E-state index contributed by atoms with van der Waals surface area (Å²) in [5, 5.41) is -0.182. The Balaban J connectivity index is 2.25. The number of ether oxygens (including phenoxy) is 1. The van der Waals surface area contributed by atoms with E-state index in [2.05, 4.69) is 6.92 Å². The lowest BCUT2D eigenvalue weighted by Crippen LogP contribution is -2.02. The van der Waals surface area contributed by atoms with E-state index in [1.807, 2.05) is 6.92 Å². The van der Waals surface area contributed by atoms with Gasteiger partial charge in [-0.25, -0.2) is 8.78 Å². The summed E-state index contributed by atoms with van der Waals surface area (Å²) >= 11 is 6.13. The maximum absolute atomic E-state index is 14.6. The first kappa shape index (κ1) is 21.6. The molecule has 0 aliphatic rings. The highest BCUT2D eigenvalue weighted by atomic mass is 35.5. The summed E-state index contributed by atoms with van der Waals surface area (Å²) in [6.07, 6.45) is 6.20. The number of benzene rings is 2. The molecule has 0 aromatic heterocycles. The molecule has 148 valence electrons. The molecule has 0 radical (unpaired) electrons. The van der Waals surface area contributed by atoms with Crippen molar-refractivity contribution < 1.29 is 17.9 Å². The molecule has 0 bridgehead atoms. The maximum atomic E-state index is 14.6. The highest BCUT2D eigenvalue weighted by Gasteiger charge is 2.20. The molecule has 5 heteroatoms. The first-order valence-corrected chi connectivity index (χ1v) is 9.97. The van der Waals surface area contributed by atoms with Crippen molar-refractivity contribution in [1.29, 1.82) is 0 Å². The molecule has 2 aromatic carbocycles. The Bertz CT molecular complexity index is 762. The minimum absolute atomic E-state index is 0.0718. The van der Waals surface area contributed by atoms with Crippen LogP contribution in [0.3, 0.4) is 0 Å². The van der Waals surface area contributed by atoms with E-state index in [1.54, 1.807) is 12.1 Å². The molecule has 0 amide bonds. The van der Waals surface area contributed by atoms with Crippen LogP contribution in [0.1, 0.15) is 57.9 Å². The summed E-state index contributed by atoms with van der Waals surface area (Å²) in [5.74, 6) is -2.86. The van der Waals surface area contributed by atoms with Gasteiger partial charge in [-0.3, -0.25) is 0 Å². The van der Waals surface area contributed by atoms with Gasteiger partial charge in [0.2, 0.25) is 5.82 Å². The van der Waals surface area contributed by atoms with Crippen molar-refractivity contribution >= 4 is 11.6 Å². The average molecular weight is 399 g/mol. The van der Waals surface area contributed by atoms with Crippen LogP contribution in [0.25, 0.3) is 11.1 Å². The highest BCUT2D eigenvalue weighted by Crippen LogP contribution is 2.36. The van der Waals surface area contributed by atoms with Crippen LogP contribution in [0.4, 0.5) is 13.2 Å². The van der Waals surface area contributed by atoms with Crippen molar-refractivity contribution in [2.75, 3.05) is 6.61 Å². The third kappa shape index (κ3) is 5.41. The zero-order chi connectivity index (χ0) is 19.8. The topological polar surface area (TPSA) is 9.23 Å². The first-order valence-electron chi connectivity index (χ1n) is 9.59. The number of halogens is 4. The van der Waals surface area contributed by atoms with Gasteiger partial charge in [-0.15, -0.1) is 0 Å². The Kier molecular flexibility index (Phi) is 8.49. The lowest BCUT2D eigenvalue weighted by atomic mass is 9.99. The molecular formula is C22H26ClF3O. The second-order valence-electron chi connectivity index (χ2n) is 6.65. The molecule has 1 nitrogen and oxygen atoms in total. The van der Waals surface area contributed by atoms with Crippen LogP contribution in [0.2, 0.25) is 5.02 Å².